The first-order chi connectivity index (χ1) is 9.58. The van der Waals surface area contributed by atoms with Crippen LogP contribution in [0.2, 0.25) is 10.0 Å². The minimum atomic E-state index is -0.121. The van der Waals surface area contributed by atoms with Crippen molar-refractivity contribution in [1.29, 1.82) is 0 Å². The molecule has 20 heavy (non-hydrogen) atoms. The van der Waals surface area contributed by atoms with Crippen LogP contribution in [0.3, 0.4) is 0 Å². The highest BCUT2D eigenvalue weighted by molar-refractivity contribution is 9.10. The van der Waals surface area contributed by atoms with Crippen LogP contribution < -0.4 is 5.32 Å². The molecule has 0 aromatic heterocycles. The summed E-state index contributed by atoms with van der Waals surface area (Å²) in [5.74, 6) is 0. The summed E-state index contributed by atoms with van der Waals surface area (Å²) in [6.45, 7) is 2.21. The zero-order valence-corrected chi connectivity index (χ0v) is 14.0. The normalized spacial score (nSPS) is 29.9. The van der Waals surface area contributed by atoms with E-state index in [1.807, 2.05) is 12.1 Å². The molecule has 2 unspecified atom stereocenters. The zero-order valence-electron chi connectivity index (χ0n) is 10.9. The molecule has 1 aromatic rings. The highest BCUT2D eigenvalue weighted by Crippen LogP contribution is 2.38. The largest absolute Gasteiger partial charge is 0.380 e. The van der Waals surface area contributed by atoms with Gasteiger partial charge in [-0.25, -0.2) is 0 Å². The van der Waals surface area contributed by atoms with Gasteiger partial charge in [-0.1, -0.05) is 39.1 Å². The molecule has 6 heteroatoms. The van der Waals surface area contributed by atoms with E-state index in [-0.39, 0.29) is 5.60 Å². The van der Waals surface area contributed by atoms with Gasteiger partial charge in [0.05, 0.1) is 27.9 Å². The van der Waals surface area contributed by atoms with Gasteiger partial charge in [0.2, 0.25) is 0 Å². The van der Waals surface area contributed by atoms with Crippen molar-refractivity contribution < 1.29 is 9.47 Å². The fraction of sp³-hybridized carbons (Fsp3) is 0.571. The van der Waals surface area contributed by atoms with Crippen LogP contribution in [0.1, 0.15) is 19.3 Å². The van der Waals surface area contributed by atoms with Crippen LogP contribution in [0.5, 0.6) is 0 Å². The van der Waals surface area contributed by atoms with Crippen molar-refractivity contribution in [2.75, 3.05) is 25.1 Å². The Morgan fingerprint density at radius 2 is 2.00 bits per heavy atom. The minimum absolute atomic E-state index is 0.121. The molecule has 3 rings (SSSR count). The molecule has 0 aliphatic carbocycles. The van der Waals surface area contributed by atoms with Crippen molar-refractivity contribution >= 4 is 44.8 Å². The van der Waals surface area contributed by atoms with E-state index < -0.39 is 0 Å². The summed E-state index contributed by atoms with van der Waals surface area (Å²) in [5.41, 5.74) is 0.682. The lowest BCUT2D eigenvalue weighted by molar-refractivity contribution is -0.0828. The van der Waals surface area contributed by atoms with Gasteiger partial charge in [0.1, 0.15) is 0 Å². The van der Waals surface area contributed by atoms with Crippen LogP contribution in [0, 0.1) is 0 Å². The average molecular weight is 381 g/mol. The number of hydrogen-bond acceptors (Lipinski definition) is 3. The van der Waals surface area contributed by atoms with E-state index in [4.69, 9.17) is 32.7 Å². The van der Waals surface area contributed by atoms with E-state index in [2.05, 4.69) is 21.2 Å². The maximum Gasteiger partial charge on any atom is 0.0956 e. The summed E-state index contributed by atoms with van der Waals surface area (Å²) in [6.07, 6.45) is 2.84. The summed E-state index contributed by atoms with van der Waals surface area (Å²) in [4.78, 5) is 0. The second kappa shape index (κ2) is 6.01. The number of halogens is 3. The van der Waals surface area contributed by atoms with E-state index in [9.17, 15) is 0 Å². The molecule has 110 valence electrons. The molecule has 2 aliphatic heterocycles. The maximum atomic E-state index is 6.27. The molecule has 2 atom stereocenters. The first-order valence-electron chi connectivity index (χ1n) is 6.71. The molecule has 0 radical (unpaired) electrons. The van der Waals surface area contributed by atoms with Crippen LogP contribution in [0.25, 0.3) is 0 Å². The summed E-state index contributed by atoms with van der Waals surface area (Å²) in [5, 5.41) is 4.74. The Labute approximate surface area is 137 Å². The average Bonchev–Trinajstić information content (AvgIpc) is 2.82. The molecule has 2 heterocycles. The lowest BCUT2D eigenvalue weighted by atomic mass is 9.89. The van der Waals surface area contributed by atoms with E-state index >= 15 is 0 Å². The maximum absolute atomic E-state index is 6.27. The van der Waals surface area contributed by atoms with E-state index in [0.29, 0.717) is 22.7 Å². The SMILES string of the molecule is Clc1cc(Br)cc(Cl)c1NC1CCOC2(CCOC2)C1. The van der Waals surface area contributed by atoms with Crippen LogP contribution in [-0.4, -0.2) is 31.5 Å². The third-order valence-corrected chi connectivity index (χ3v) is 4.97. The van der Waals surface area contributed by atoms with Gasteiger partial charge in [0.25, 0.3) is 0 Å². The quantitative estimate of drug-likeness (QED) is 0.818. The molecule has 1 N–H and O–H groups in total. The highest BCUT2D eigenvalue weighted by atomic mass is 79.9. The van der Waals surface area contributed by atoms with Gasteiger partial charge in [-0.05, 0) is 25.0 Å². The van der Waals surface area contributed by atoms with Crippen molar-refractivity contribution in [3.05, 3.63) is 26.7 Å². The Morgan fingerprint density at radius 3 is 2.65 bits per heavy atom. The number of ether oxygens (including phenoxy) is 2. The van der Waals surface area contributed by atoms with Crippen molar-refractivity contribution in [1.82, 2.24) is 0 Å². The van der Waals surface area contributed by atoms with Gasteiger partial charge in [-0.3, -0.25) is 0 Å². The van der Waals surface area contributed by atoms with E-state index in [0.717, 1.165) is 42.6 Å². The Morgan fingerprint density at radius 1 is 1.25 bits per heavy atom. The molecule has 1 aromatic carbocycles. The van der Waals surface area contributed by atoms with Crippen LogP contribution in [0.4, 0.5) is 5.69 Å². The molecule has 3 nitrogen and oxygen atoms in total. The Kier molecular flexibility index (Phi) is 4.48. The molecule has 0 bridgehead atoms. The topological polar surface area (TPSA) is 30.5 Å². The lowest BCUT2D eigenvalue weighted by Crippen LogP contribution is -2.45. The van der Waals surface area contributed by atoms with Gasteiger partial charge in [-0.15, -0.1) is 0 Å². The molecule has 2 fully saturated rings. The monoisotopic (exact) mass is 379 g/mol. The van der Waals surface area contributed by atoms with Crippen LogP contribution in [-0.2, 0) is 9.47 Å². The Hall–Kier alpha value is -0.0000000000000000971. The van der Waals surface area contributed by atoms with Gasteiger partial charge in [-0.2, -0.15) is 0 Å². The van der Waals surface area contributed by atoms with Gasteiger partial charge >= 0.3 is 0 Å². The summed E-state index contributed by atoms with van der Waals surface area (Å²) in [6, 6.07) is 4.01. The van der Waals surface area contributed by atoms with Crippen LogP contribution in [0.15, 0.2) is 16.6 Å². The number of anilines is 1. The predicted molar refractivity (Wildman–Crippen MR) is 84.9 cm³/mol. The number of benzene rings is 1. The molecule has 2 aliphatic rings. The van der Waals surface area contributed by atoms with Gasteiger partial charge < -0.3 is 14.8 Å². The fourth-order valence-electron chi connectivity index (χ4n) is 2.90. The molecule has 0 saturated carbocycles. The molecular formula is C14H16BrCl2NO2. The zero-order chi connectivity index (χ0) is 14.2. The second-order valence-electron chi connectivity index (χ2n) is 5.41. The third-order valence-electron chi connectivity index (χ3n) is 3.92. The summed E-state index contributed by atoms with van der Waals surface area (Å²) < 4.78 is 12.3. The summed E-state index contributed by atoms with van der Waals surface area (Å²) >= 11 is 15.9. The summed E-state index contributed by atoms with van der Waals surface area (Å²) in [7, 11) is 0. The number of rotatable bonds is 2. The van der Waals surface area contributed by atoms with Crippen molar-refractivity contribution in [3.63, 3.8) is 0 Å². The predicted octanol–water partition coefficient (Wildman–Crippen LogP) is 4.51. The fourth-order valence-corrected chi connectivity index (χ4v) is 4.22. The van der Waals surface area contributed by atoms with Crippen molar-refractivity contribution in [2.24, 2.45) is 0 Å². The molecule has 2 saturated heterocycles. The molecule has 0 amide bonds. The van der Waals surface area contributed by atoms with E-state index in [1.54, 1.807) is 0 Å². The Bertz CT molecular complexity index is 483. The first-order valence-corrected chi connectivity index (χ1v) is 8.26. The lowest BCUT2D eigenvalue weighted by Gasteiger charge is -2.38. The second-order valence-corrected chi connectivity index (χ2v) is 7.14. The van der Waals surface area contributed by atoms with Gasteiger partial charge in [0, 0.05) is 30.1 Å². The Balaban J connectivity index is 1.74. The van der Waals surface area contributed by atoms with Gasteiger partial charge in [0.15, 0.2) is 0 Å². The highest BCUT2D eigenvalue weighted by Gasteiger charge is 2.41. The number of nitrogens with one attached hydrogen (secondary N) is 1. The molecular weight excluding hydrogens is 365 g/mol. The van der Waals surface area contributed by atoms with Crippen molar-refractivity contribution in [2.45, 2.75) is 30.9 Å². The first kappa shape index (κ1) is 14.9. The standard InChI is InChI=1S/C14H16BrCl2NO2/c15-9-5-11(16)13(12(17)6-9)18-10-1-3-20-14(7-10)2-4-19-8-14/h5-6,10,18H,1-4,7-8H2. The minimum Gasteiger partial charge on any atom is -0.380 e. The number of hydrogen-bond donors (Lipinski definition) is 1. The van der Waals surface area contributed by atoms with E-state index in [1.165, 1.54) is 0 Å². The third kappa shape index (κ3) is 3.09. The molecule has 1 spiro atoms. The smallest absolute Gasteiger partial charge is 0.0956 e. The van der Waals surface area contributed by atoms with Crippen LogP contribution >= 0.6 is 39.1 Å². The van der Waals surface area contributed by atoms with Crippen molar-refractivity contribution in [3.8, 4) is 0 Å².